The van der Waals surface area contributed by atoms with Gasteiger partial charge in [0.05, 0.1) is 5.60 Å². The number of aryl methyl sites for hydroxylation is 1. The van der Waals surface area contributed by atoms with E-state index in [1.165, 1.54) is 11.1 Å². The quantitative estimate of drug-likeness (QED) is 0.696. The molecule has 0 saturated carbocycles. The summed E-state index contributed by atoms with van der Waals surface area (Å²) in [6.07, 6.45) is 1.42. The maximum Gasteiger partial charge on any atom is 0.0719 e. The van der Waals surface area contributed by atoms with Crippen LogP contribution in [0.1, 0.15) is 57.7 Å². The first kappa shape index (κ1) is 17.9. The summed E-state index contributed by atoms with van der Waals surface area (Å²) < 4.78 is 0. The highest BCUT2D eigenvalue weighted by Gasteiger charge is 2.30. The largest absolute Gasteiger partial charge is 0.389 e. The third-order valence-electron chi connectivity index (χ3n) is 4.27. The van der Waals surface area contributed by atoms with Gasteiger partial charge in [0, 0.05) is 6.04 Å². The van der Waals surface area contributed by atoms with Crippen LogP contribution in [0.5, 0.6) is 0 Å². The number of hydrogen-bond donors (Lipinski definition) is 2. The van der Waals surface area contributed by atoms with Gasteiger partial charge in [0.2, 0.25) is 0 Å². The Morgan fingerprint density at radius 2 is 1.81 bits per heavy atom. The molecule has 2 atom stereocenters. The van der Waals surface area contributed by atoms with Crippen molar-refractivity contribution in [2.45, 2.75) is 59.1 Å². The first-order valence-corrected chi connectivity index (χ1v) is 7.91. The van der Waals surface area contributed by atoms with Crippen molar-refractivity contribution in [3.63, 3.8) is 0 Å². The molecule has 0 aliphatic heterocycles. The summed E-state index contributed by atoms with van der Waals surface area (Å²) in [5.41, 5.74) is 2.94. The lowest BCUT2D eigenvalue weighted by molar-refractivity contribution is -0.0124. The molecule has 2 N–H and O–H groups in total. The standard InChI is InChI=1S/C19H31NO/c1-14(2)13-19(21,15(3)4)11-12-20-17(6)18-9-7-16(5)8-10-18/h7-10,15,17,20-21H,1,11-13H2,2-6H3/t17-,19?/m0/s1. The van der Waals surface area contributed by atoms with Gasteiger partial charge in [-0.1, -0.05) is 49.2 Å². The molecule has 1 aromatic rings. The van der Waals surface area contributed by atoms with Gasteiger partial charge < -0.3 is 10.4 Å². The van der Waals surface area contributed by atoms with Crippen LogP contribution in [0.4, 0.5) is 0 Å². The zero-order valence-corrected chi connectivity index (χ0v) is 14.2. The normalized spacial score (nSPS) is 15.8. The average molecular weight is 289 g/mol. The third-order valence-corrected chi connectivity index (χ3v) is 4.27. The molecule has 0 aromatic heterocycles. The van der Waals surface area contributed by atoms with Crippen LogP contribution in [0.15, 0.2) is 36.4 Å². The SMILES string of the molecule is C=C(C)CC(O)(CCN[C@@H](C)c1ccc(C)cc1)C(C)C. The second-order valence-corrected chi connectivity index (χ2v) is 6.73. The van der Waals surface area contributed by atoms with Crippen LogP contribution in [0.3, 0.4) is 0 Å². The van der Waals surface area contributed by atoms with Gasteiger partial charge in [-0.25, -0.2) is 0 Å². The van der Waals surface area contributed by atoms with Crippen molar-refractivity contribution in [3.05, 3.63) is 47.5 Å². The van der Waals surface area contributed by atoms with Crippen LogP contribution < -0.4 is 5.32 Å². The first-order valence-electron chi connectivity index (χ1n) is 7.91. The Bertz CT molecular complexity index is 449. The van der Waals surface area contributed by atoms with E-state index in [0.29, 0.717) is 12.5 Å². The molecular weight excluding hydrogens is 258 g/mol. The predicted octanol–water partition coefficient (Wildman–Crippen LogP) is 4.39. The smallest absolute Gasteiger partial charge is 0.0719 e. The Morgan fingerprint density at radius 3 is 2.29 bits per heavy atom. The van der Waals surface area contributed by atoms with Crippen molar-refractivity contribution in [2.75, 3.05) is 6.54 Å². The van der Waals surface area contributed by atoms with E-state index < -0.39 is 5.60 Å². The minimum atomic E-state index is -0.661. The van der Waals surface area contributed by atoms with Crippen molar-refractivity contribution < 1.29 is 5.11 Å². The molecule has 0 radical (unpaired) electrons. The second-order valence-electron chi connectivity index (χ2n) is 6.73. The topological polar surface area (TPSA) is 32.3 Å². The van der Waals surface area contributed by atoms with Crippen molar-refractivity contribution in [1.82, 2.24) is 5.32 Å². The molecule has 21 heavy (non-hydrogen) atoms. The van der Waals surface area contributed by atoms with Crippen molar-refractivity contribution >= 4 is 0 Å². The van der Waals surface area contributed by atoms with E-state index in [2.05, 4.69) is 63.9 Å². The molecular formula is C19H31NO. The van der Waals surface area contributed by atoms with E-state index in [1.807, 2.05) is 6.92 Å². The van der Waals surface area contributed by atoms with Crippen LogP contribution in [-0.2, 0) is 0 Å². The number of hydrogen-bond acceptors (Lipinski definition) is 2. The summed E-state index contributed by atoms with van der Waals surface area (Å²) in [6, 6.07) is 8.90. The van der Waals surface area contributed by atoms with Crippen LogP contribution in [0.2, 0.25) is 0 Å². The monoisotopic (exact) mass is 289 g/mol. The van der Waals surface area contributed by atoms with E-state index in [-0.39, 0.29) is 5.92 Å². The number of nitrogens with one attached hydrogen (secondary N) is 1. The Balaban J connectivity index is 2.54. The molecule has 1 rings (SSSR count). The second kappa shape index (κ2) is 7.77. The van der Waals surface area contributed by atoms with Gasteiger partial charge in [0.1, 0.15) is 0 Å². The summed E-state index contributed by atoms with van der Waals surface area (Å²) in [6.45, 7) is 15.1. The lowest BCUT2D eigenvalue weighted by Crippen LogP contribution is -2.39. The van der Waals surface area contributed by atoms with Crippen LogP contribution in [0, 0.1) is 12.8 Å². The van der Waals surface area contributed by atoms with Crippen LogP contribution in [0.25, 0.3) is 0 Å². The van der Waals surface area contributed by atoms with Gasteiger partial charge in [-0.15, -0.1) is 6.58 Å². The maximum atomic E-state index is 10.8. The summed E-state index contributed by atoms with van der Waals surface area (Å²) in [7, 11) is 0. The molecule has 0 aliphatic rings. The fraction of sp³-hybridized carbons (Fsp3) is 0.579. The molecule has 2 heteroatoms. The number of benzene rings is 1. The first-order chi connectivity index (χ1) is 9.74. The molecule has 0 saturated heterocycles. The Kier molecular flexibility index (Phi) is 6.63. The Hall–Kier alpha value is -1.12. The highest BCUT2D eigenvalue weighted by molar-refractivity contribution is 5.23. The van der Waals surface area contributed by atoms with Crippen molar-refractivity contribution in [1.29, 1.82) is 0 Å². The fourth-order valence-electron chi connectivity index (χ4n) is 2.58. The highest BCUT2D eigenvalue weighted by Crippen LogP contribution is 2.28. The molecule has 0 bridgehead atoms. The van der Waals surface area contributed by atoms with Gasteiger partial charge in [0.15, 0.2) is 0 Å². The van der Waals surface area contributed by atoms with Crippen LogP contribution >= 0.6 is 0 Å². The lowest BCUT2D eigenvalue weighted by atomic mass is 9.82. The number of rotatable bonds is 8. The summed E-state index contributed by atoms with van der Waals surface area (Å²) in [4.78, 5) is 0. The maximum absolute atomic E-state index is 10.8. The zero-order chi connectivity index (χ0) is 16.0. The van der Waals surface area contributed by atoms with Gasteiger partial charge in [-0.05, 0) is 51.6 Å². The van der Waals surface area contributed by atoms with E-state index in [1.54, 1.807) is 0 Å². The molecule has 0 amide bonds. The van der Waals surface area contributed by atoms with E-state index >= 15 is 0 Å². The molecule has 118 valence electrons. The minimum Gasteiger partial charge on any atom is -0.389 e. The molecule has 1 aromatic carbocycles. The third kappa shape index (κ3) is 5.64. The zero-order valence-electron chi connectivity index (χ0n) is 14.2. The lowest BCUT2D eigenvalue weighted by Gasteiger charge is -2.33. The molecule has 0 fully saturated rings. The van der Waals surface area contributed by atoms with E-state index in [0.717, 1.165) is 18.5 Å². The summed E-state index contributed by atoms with van der Waals surface area (Å²) in [5, 5.41) is 14.3. The minimum absolute atomic E-state index is 0.227. The average Bonchev–Trinajstić information content (AvgIpc) is 2.38. The highest BCUT2D eigenvalue weighted by atomic mass is 16.3. The van der Waals surface area contributed by atoms with E-state index in [4.69, 9.17) is 0 Å². The molecule has 0 spiro atoms. The van der Waals surface area contributed by atoms with E-state index in [9.17, 15) is 5.11 Å². The van der Waals surface area contributed by atoms with Crippen molar-refractivity contribution in [2.24, 2.45) is 5.92 Å². The van der Waals surface area contributed by atoms with Gasteiger partial charge >= 0.3 is 0 Å². The molecule has 2 nitrogen and oxygen atoms in total. The van der Waals surface area contributed by atoms with Gasteiger partial charge in [-0.3, -0.25) is 0 Å². The Morgan fingerprint density at radius 1 is 1.24 bits per heavy atom. The molecule has 1 unspecified atom stereocenters. The summed E-state index contributed by atoms with van der Waals surface area (Å²) in [5.74, 6) is 0.227. The van der Waals surface area contributed by atoms with Gasteiger partial charge in [-0.2, -0.15) is 0 Å². The molecule has 0 aliphatic carbocycles. The summed E-state index contributed by atoms with van der Waals surface area (Å²) >= 11 is 0. The van der Waals surface area contributed by atoms with Crippen LogP contribution in [-0.4, -0.2) is 17.3 Å². The molecule has 0 heterocycles. The Labute approximate surface area is 130 Å². The van der Waals surface area contributed by atoms with Gasteiger partial charge in [0.25, 0.3) is 0 Å². The fourth-order valence-corrected chi connectivity index (χ4v) is 2.58. The number of aliphatic hydroxyl groups is 1. The predicted molar refractivity (Wildman–Crippen MR) is 91.4 cm³/mol. The van der Waals surface area contributed by atoms with Crippen molar-refractivity contribution in [3.8, 4) is 0 Å².